The summed E-state index contributed by atoms with van der Waals surface area (Å²) in [5.41, 5.74) is 0. The fourth-order valence-electron chi connectivity index (χ4n) is 1.03. The first-order chi connectivity index (χ1) is 5.25. The fraction of sp³-hybridized carbons (Fsp3) is 0.286. The van der Waals surface area contributed by atoms with Gasteiger partial charge in [-0.25, -0.2) is 4.99 Å². The van der Waals surface area contributed by atoms with Gasteiger partial charge in [0.1, 0.15) is 5.16 Å². The molecule has 2 aliphatic rings. The van der Waals surface area contributed by atoms with Gasteiger partial charge in [0.2, 0.25) is 0 Å². The molecule has 0 radical (unpaired) electrons. The van der Waals surface area contributed by atoms with Crippen molar-refractivity contribution in [2.24, 2.45) is 4.99 Å². The first-order valence-corrected chi connectivity index (χ1v) is 4.52. The highest BCUT2D eigenvalue weighted by molar-refractivity contribution is 8.17. The van der Waals surface area contributed by atoms with E-state index in [1.807, 2.05) is 6.08 Å². The zero-order valence-corrected chi connectivity index (χ0v) is 7.61. The Hall–Kier alpha value is -0.410. The van der Waals surface area contributed by atoms with Gasteiger partial charge in [0.25, 0.3) is 0 Å². The van der Waals surface area contributed by atoms with Crippen LogP contribution in [-0.4, -0.2) is 16.6 Å². The van der Waals surface area contributed by atoms with Crippen LogP contribution in [0.25, 0.3) is 0 Å². The number of rotatable bonds is 0. The lowest BCUT2D eigenvalue weighted by molar-refractivity contribution is 0.628. The average Bonchev–Trinajstić information content (AvgIpc) is 2.27. The van der Waals surface area contributed by atoms with E-state index >= 15 is 0 Å². The smallest absolute Gasteiger partial charge is 0.174 e. The molecule has 2 heterocycles. The maximum atomic E-state index is 5.74. The van der Waals surface area contributed by atoms with Crippen LogP contribution in [0.1, 0.15) is 6.92 Å². The van der Waals surface area contributed by atoms with Gasteiger partial charge in [-0.15, -0.1) is 0 Å². The van der Waals surface area contributed by atoms with E-state index in [1.165, 1.54) is 4.91 Å². The molecule has 0 aromatic rings. The van der Waals surface area contributed by atoms with Crippen LogP contribution in [0.2, 0.25) is 0 Å². The number of allylic oxidation sites excluding steroid dienone is 1. The summed E-state index contributed by atoms with van der Waals surface area (Å²) in [5, 5.41) is 1.60. The lowest BCUT2D eigenvalue weighted by Crippen LogP contribution is -2.22. The molecule has 0 N–H and O–H groups in total. The van der Waals surface area contributed by atoms with Crippen LogP contribution in [0, 0.1) is 0 Å². The maximum absolute atomic E-state index is 5.74. The Kier molecular flexibility index (Phi) is 1.69. The quantitative estimate of drug-likeness (QED) is 0.540. The zero-order valence-electron chi connectivity index (χ0n) is 6.04. The number of aliphatic imine (C=N–C) groups is 1. The molecular formula is C7H7ClN2S. The molecule has 0 atom stereocenters. The molecule has 0 spiro atoms. The number of thioether (sulfide) groups is 1. The number of amidine groups is 1. The molecule has 2 nitrogen and oxygen atoms in total. The molecule has 2 rings (SSSR count). The number of halogens is 1. The van der Waals surface area contributed by atoms with Crippen LogP contribution in [0.4, 0.5) is 0 Å². The Bertz CT molecular complexity index is 280. The van der Waals surface area contributed by atoms with E-state index in [4.69, 9.17) is 11.6 Å². The third kappa shape index (κ3) is 1.30. The van der Waals surface area contributed by atoms with Crippen molar-refractivity contribution in [2.75, 3.05) is 6.54 Å². The van der Waals surface area contributed by atoms with E-state index < -0.39 is 0 Å². The minimum atomic E-state index is 0.604. The third-order valence-corrected chi connectivity index (χ3v) is 2.67. The Morgan fingerprint density at radius 2 is 2.55 bits per heavy atom. The summed E-state index contributed by atoms with van der Waals surface area (Å²) in [4.78, 5) is 7.53. The van der Waals surface area contributed by atoms with Crippen LogP contribution >= 0.6 is 23.4 Å². The number of nitrogens with zero attached hydrogens (tertiary/aromatic N) is 2. The summed E-state index contributed by atoms with van der Waals surface area (Å²) in [5.74, 6) is 0. The van der Waals surface area contributed by atoms with Crippen LogP contribution in [0.5, 0.6) is 0 Å². The summed E-state index contributed by atoms with van der Waals surface area (Å²) in [6, 6.07) is 0. The van der Waals surface area contributed by atoms with Crippen LogP contribution in [0.15, 0.2) is 27.3 Å². The lowest BCUT2D eigenvalue weighted by atomic mass is 10.5. The monoisotopic (exact) mass is 186 g/mol. The van der Waals surface area contributed by atoms with Crippen molar-refractivity contribution in [1.29, 1.82) is 0 Å². The molecule has 0 fully saturated rings. The second kappa shape index (κ2) is 2.57. The van der Waals surface area contributed by atoms with Crippen molar-refractivity contribution < 1.29 is 0 Å². The maximum Gasteiger partial charge on any atom is 0.174 e. The molecule has 0 saturated carbocycles. The lowest BCUT2D eigenvalue weighted by Gasteiger charge is -2.16. The predicted molar refractivity (Wildman–Crippen MR) is 49.4 cm³/mol. The van der Waals surface area contributed by atoms with Gasteiger partial charge in [-0.3, -0.25) is 0 Å². The summed E-state index contributed by atoms with van der Waals surface area (Å²) < 4.78 is 0. The highest BCUT2D eigenvalue weighted by atomic mass is 35.5. The van der Waals surface area contributed by atoms with Crippen molar-refractivity contribution >= 4 is 28.5 Å². The first kappa shape index (κ1) is 7.25. The minimum Gasteiger partial charge on any atom is -0.323 e. The van der Waals surface area contributed by atoms with Crippen molar-refractivity contribution in [1.82, 2.24) is 4.90 Å². The van der Waals surface area contributed by atoms with Crippen molar-refractivity contribution in [3.63, 3.8) is 0 Å². The van der Waals surface area contributed by atoms with E-state index in [0.717, 1.165) is 11.7 Å². The first-order valence-electron chi connectivity index (χ1n) is 3.33. The molecule has 0 saturated heterocycles. The summed E-state index contributed by atoms with van der Waals surface area (Å²) >= 11 is 7.41. The van der Waals surface area contributed by atoms with Crippen molar-refractivity contribution in [3.8, 4) is 0 Å². The standard InChI is InChI=1S/C7H7ClN2S/c1-5-4-10-3-2-6(8)9-7(10)11-5/h2,4H,3H2,1H3. The van der Waals surface area contributed by atoms with E-state index in [2.05, 4.69) is 23.0 Å². The van der Waals surface area contributed by atoms with Gasteiger partial charge in [-0.05, 0) is 13.0 Å². The number of fused-ring (bicyclic) bond motifs is 1. The van der Waals surface area contributed by atoms with Gasteiger partial charge in [-0.1, -0.05) is 23.4 Å². The second-order valence-electron chi connectivity index (χ2n) is 2.42. The highest BCUT2D eigenvalue weighted by Crippen LogP contribution is 2.30. The molecule has 4 heteroatoms. The van der Waals surface area contributed by atoms with Crippen LogP contribution in [-0.2, 0) is 0 Å². The van der Waals surface area contributed by atoms with E-state index in [1.54, 1.807) is 11.8 Å². The van der Waals surface area contributed by atoms with Gasteiger partial charge >= 0.3 is 0 Å². The SMILES string of the molecule is CC1=CN2CC=C(Cl)N=C2S1. The molecule has 0 aromatic carbocycles. The molecule has 11 heavy (non-hydrogen) atoms. The fourth-order valence-corrected chi connectivity index (χ4v) is 2.09. The molecule has 0 bridgehead atoms. The van der Waals surface area contributed by atoms with E-state index in [0.29, 0.717) is 5.16 Å². The summed E-state index contributed by atoms with van der Waals surface area (Å²) in [6.07, 6.45) is 3.99. The molecule has 0 aromatic heterocycles. The molecular weight excluding hydrogens is 180 g/mol. The van der Waals surface area contributed by atoms with Crippen LogP contribution < -0.4 is 0 Å². The Morgan fingerprint density at radius 3 is 3.36 bits per heavy atom. The predicted octanol–water partition coefficient (Wildman–Crippen LogP) is 2.35. The van der Waals surface area contributed by atoms with Gasteiger partial charge in [0, 0.05) is 17.6 Å². The largest absolute Gasteiger partial charge is 0.323 e. The third-order valence-electron chi connectivity index (χ3n) is 1.49. The summed E-state index contributed by atoms with van der Waals surface area (Å²) in [7, 11) is 0. The van der Waals surface area contributed by atoms with Crippen molar-refractivity contribution in [2.45, 2.75) is 6.92 Å². The minimum absolute atomic E-state index is 0.604. The molecule has 2 aliphatic heterocycles. The van der Waals surface area contributed by atoms with Gasteiger partial charge in [0.05, 0.1) is 0 Å². The zero-order chi connectivity index (χ0) is 7.84. The highest BCUT2D eigenvalue weighted by Gasteiger charge is 2.20. The molecule has 58 valence electrons. The molecule has 0 unspecified atom stereocenters. The normalized spacial score (nSPS) is 22.4. The summed E-state index contributed by atoms with van der Waals surface area (Å²) in [6.45, 7) is 2.92. The Labute approximate surface area is 74.6 Å². The van der Waals surface area contributed by atoms with E-state index in [-0.39, 0.29) is 0 Å². The van der Waals surface area contributed by atoms with Gasteiger partial charge in [-0.2, -0.15) is 0 Å². The van der Waals surface area contributed by atoms with Gasteiger partial charge in [0.15, 0.2) is 5.17 Å². The van der Waals surface area contributed by atoms with Crippen molar-refractivity contribution in [3.05, 3.63) is 22.3 Å². The van der Waals surface area contributed by atoms with E-state index in [9.17, 15) is 0 Å². The molecule has 0 amide bonds. The number of hydrogen-bond acceptors (Lipinski definition) is 3. The molecule has 0 aliphatic carbocycles. The average molecular weight is 187 g/mol. The Balaban J connectivity index is 2.27. The number of hydrogen-bond donors (Lipinski definition) is 0. The van der Waals surface area contributed by atoms with Gasteiger partial charge < -0.3 is 4.90 Å². The second-order valence-corrected chi connectivity index (χ2v) is 4.02. The Morgan fingerprint density at radius 1 is 1.73 bits per heavy atom. The topological polar surface area (TPSA) is 15.6 Å². The van der Waals surface area contributed by atoms with Crippen LogP contribution in [0.3, 0.4) is 0 Å².